The number of carbonyl (C=O) groups excluding carboxylic acids is 2. The lowest BCUT2D eigenvalue weighted by atomic mass is 10.0. The van der Waals surface area contributed by atoms with Crippen LogP contribution in [0.3, 0.4) is 0 Å². The van der Waals surface area contributed by atoms with Crippen LogP contribution in [0.2, 0.25) is 0 Å². The summed E-state index contributed by atoms with van der Waals surface area (Å²) >= 11 is 0. The molecule has 0 spiro atoms. The van der Waals surface area contributed by atoms with Crippen LogP contribution < -0.4 is 5.32 Å². The van der Waals surface area contributed by atoms with Gasteiger partial charge in [0, 0.05) is 35.4 Å². The summed E-state index contributed by atoms with van der Waals surface area (Å²) in [5, 5.41) is 3.49. The highest BCUT2D eigenvalue weighted by atomic mass is 19.2. The molecule has 0 unspecified atom stereocenters. The molecule has 0 bridgehead atoms. The Bertz CT molecular complexity index is 1170. The van der Waals surface area contributed by atoms with E-state index in [0.29, 0.717) is 12.1 Å². The smallest absolute Gasteiger partial charge is 0.341 e. The lowest BCUT2D eigenvalue weighted by molar-refractivity contribution is -0.136. The quantitative estimate of drug-likeness (QED) is 0.626. The van der Waals surface area contributed by atoms with Crippen molar-refractivity contribution in [1.82, 2.24) is 9.88 Å². The van der Waals surface area contributed by atoms with Gasteiger partial charge in [-0.3, -0.25) is 4.90 Å². The zero-order chi connectivity index (χ0) is 21.3. The van der Waals surface area contributed by atoms with E-state index in [9.17, 15) is 18.4 Å². The molecule has 1 aliphatic heterocycles. The predicted octanol–water partition coefficient (Wildman–Crippen LogP) is 4.44. The molecule has 6 nitrogen and oxygen atoms in total. The molecule has 1 aliphatic rings. The fraction of sp³-hybridized carbons (Fsp3) is 0.182. The van der Waals surface area contributed by atoms with Crippen LogP contribution in [0.5, 0.6) is 0 Å². The first kappa shape index (κ1) is 19.6. The standard InChI is InChI=1S/C22H19F2N3O3/c1-2-30-21(28)16-12-27(22(29)25-13-7-8-17(23)18(24)11-13)10-9-15-14-5-3-4-6-19(14)26-20(15)16/h3-8,11-12,26H,2,9-10H2,1H3,(H,25,29). The van der Waals surface area contributed by atoms with Gasteiger partial charge in [0.15, 0.2) is 11.6 Å². The number of halogens is 2. The van der Waals surface area contributed by atoms with Crippen LogP contribution in [0.4, 0.5) is 19.3 Å². The van der Waals surface area contributed by atoms with Crippen molar-refractivity contribution in [3.63, 3.8) is 0 Å². The lowest BCUT2D eigenvalue weighted by Crippen LogP contribution is -2.32. The Morgan fingerprint density at radius 3 is 2.73 bits per heavy atom. The van der Waals surface area contributed by atoms with Gasteiger partial charge >= 0.3 is 12.0 Å². The molecule has 3 aromatic rings. The Morgan fingerprint density at radius 1 is 1.17 bits per heavy atom. The van der Waals surface area contributed by atoms with Crippen LogP contribution in [0.15, 0.2) is 48.7 Å². The average molecular weight is 411 g/mol. The average Bonchev–Trinajstić information content (AvgIpc) is 2.98. The Morgan fingerprint density at radius 2 is 1.97 bits per heavy atom. The first-order valence-electron chi connectivity index (χ1n) is 9.49. The van der Waals surface area contributed by atoms with Gasteiger partial charge in [0.1, 0.15) is 0 Å². The van der Waals surface area contributed by atoms with Gasteiger partial charge in [-0.1, -0.05) is 18.2 Å². The largest absolute Gasteiger partial charge is 0.462 e. The number of anilines is 1. The number of esters is 1. The minimum atomic E-state index is -1.06. The van der Waals surface area contributed by atoms with E-state index < -0.39 is 23.6 Å². The van der Waals surface area contributed by atoms with E-state index in [4.69, 9.17) is 4.74 Å². The number of aromatic nitrogens is 1. The lowest BCUT2D eigenvalue weighted by Gasteiger charge is -2.18. The Labute approximate surface area is 171 Å². The number of benzene rings is 2. The zero-order valence-corrected chi connectivity index (χ0v) is 16.2. The topological polar surface area (TPSA) is 74.4 Å². The number of ether oxygens (including phenoxy) is 1. The summed E-state index contributed by atoms with van der Waals surface area (Å²) in [6.07, 6.45) is 1.92. The third-order valence-corrected chi connectivity index (χ3v) is 4.90. The molecule has 2 heterocycles. The van der Waals surface area contributed by atoms with Crippen molar-refractivity contribution in [3.05, 3.63) is 71.6 Å². The number of para-hydroxylation sites is 1. The fourth-order valence-electron chi connectivity index (χ4n) is 3.50. The number of nitrogens with one attached hydrogen (secondary N) is 2. The maximum absolute atomic E-state index is 13.5. The first-order chi connectivity index (χ1) is 14.5. The van der Waals surface area contributed by atoms with Crippen LogP contribution in [-0.4, -0.2) is 35.0 Å². The van der Waals surface area contributed by atoms with Gasteiger partial charge < -0.3 is 15.0 Å². The summed E-state index contributed by atoms with van der Waals surface area (Å²) < 4.78 is 31.8. The van der Waals surface area contributed by atoms with Crippen molar-refractivity contribution in [2.75, 3.05) is 18.5 Å². The molecule has 0 fully saturated rings. The Kier molecular flexibility index (Phi) is 5.22. The SMILES string of the molecule is CCOC(=O)C1=CN(C(=O)Nc2ccc(F)c(F)c2)CCc2c1[nH]c1ccccc21. The van der Waals surface area contributed by atoms with Gasteiger partial charge in [-0.2, -0.15) is 0 Å². The number of rotatable bonds is 3. The second-order valence-electron chi connectivity index (χ2n) is 6.79. The minimum absolute atomic E-state index is 0.109. The number of hydrogen-bond donors (Lipinski definition) is 2. The van der Waals surface area contributed by atoms with E-state index in [0.717, 1.165) is 28.6 Å². The number of amides is 2. The number of carbonyl (C=O) groups is 2. The van der Waals surface area contributed by atoms with E-state index in [1.54, 1.807) is 6.92 Å². The van der Waals surface area contributed by atoms with Gasteiger partial charge in [0.05, 0.1) is 17.9 Å². The summed E-state index contributed by atoms with van der Waals surface area (Å²) in [6.45, 7) is 2.18. The minimum Gasteiger partial charge on any atom is -0.462 e. The summed E-state index contributed by atoms with van der Waals surface area (Å²) in [7, 11) is 0. The molecule has 0 aliphatic carbocycles. The van der Waals surface area contributed by atoms with E-state index >= 15 is 0 Å². The second kappa shape index (κ2) is 7.98. The van der Waals surface area contributed by atoms with E-state index in [-0.39, 0.29) is 24.4 Å². The second-order valence-corrected chi connectivity index (χ2v) is 6.79. The summed E-state index contributed by atoms with van der Waals surface area (Å²) in [5.41, 5.74) is 2.74. The molecule has 154 valence electrons. The molecule has 1 aromatic heterocycles. The van der Waals surface area contributed by atoms with Crippen molar-refractivity contribution in [2.24, 2.45) is 0 Å². The first-order valence-corrected chi connectivity index (χ1v) is 9.49. The van der Waals surface area contributed by atoms with Gasteiger partial charge in [-0.15, -0.1) is 0 Å². The number of fused-ring (bicyclic) bond motifs is 3. The Balaban J connectivity index is 1.69. The normalized spacial score (nSPS) is 13.4. The maximum atomic E-state index is 13.5. The van der Waals surface area contributed by atoms with Gasteiger partial charge in [0.2, 0.25) is 0 Å². The Hall–Kier alpha value is -3.68. The number of urea groups is 1. The number of aromatic amines is 1. The molecular weight excluding hydrogens is 392 g/mol. The summed E-state index contributed by atoms with van der Waals surface area (Å²) in [5.74, 6) is -2.62. The van der Waals surface area contributed by atoms with Crippen molar-refractivity contribution in [2.45, 2.75) is 13.3 Å². The predicted molar refractivity (Wildman–Crippen MR) is 109 cm³/mol. The van der Waals surface area contributed by atoms with Gasteiger partial charge in [-0.05, 0) is 37.1 Å². The highest BCUT2D eigenvalue weighted by molar-refractivity contribution is 6.18. The van der Waals surface area contributed by atoms with Crippen LogP contribution >= 0.6 is 0 Å². The van der Waals surface area contributed by atoms with E-state index in [1.807, 2.05) is 24.3 Å². The van der Waals surface area contributed by atoms with Gasteiger partial charge in [0.25, 0.3) is 0 Å². The van der Waals surface area contributed by atoms with Gasteiger partial charge in [-0.25, -0.2) is 18.4 Å². The molecule has 0 atom stereocenters. The van der Waals surface area contributed by atoms with E-state index in [1.165, 1.54) is 17.2 Å². The highest BCUT2D eigenvalue weighted by Crippen LogP contribution is 2.31. The molecule has 2 aromatic carbocycles. The van der Waals surface area contributed by atoms with Crippen LogP contribution in [-0.2, 0) is 16.0 Å². The number of H-pyrrole nitrogens is 1. The van der Waals surface area contributed by atoms with Crippen molar-refractivity contribution in [3.8, 4) is 0 Å². The number of hydrogen-bond acceptors (Lipinski definition) is 3. The van der Waals surface area contributed by atoms with E-state index in [2.05, 4.69) is 10.3 Å². The maximum Gasteiger partial charge on any atom is 0.341 e. The third-order valence-electron chi connectivity index (χ3n) is 4.90. The summed E-state index contributed by atoms with van der Waals surface area (Å²) in [6, 6.07) is 10.2. The molecule has 0 saturated carbocycles. The monoisotopic (exact) mass is 411 g/mol. The van der Waals surface area contributed by atoms with Crippen LogP contribution in [0.25, 0.3) is 16.5 Å². The molecule has 2 N–H and O–H groups in total. The molecular formula is C22H19F2N3O3. The van der Waals surface area contributed by atoms with Crippen molar-refractivity contribution in [1.29, 1.82) is 0 Å². The molecule has 4 rings (SSSR count). The molecule has 30 heavy (non-hydrogen) atoms. The van der Waals surface area contributed by atoms with Crippen molar-refractivity contribution >= 4 is 34.2 Å². The van der Waals surface area contributed by atoms with Crippen molar-refractivity contribution < 1.29 is 23.1 Å². The molecule has 0 saturated heterocycles. The molecule has 8 heteroatoms. The van der Waals surface area contributed by atoms with Crippen LogP contribution in [0, 0.1) is 11.6 Å². The third kappa shape index (κ3) is 3.63. The fourth-order valence-corrected chi connectivity index (χ4v) is 3.50. The number of nitrogens with zero attached hydrogens (tertiary/aromatic N) is 1. The summed E-state index contributed by atoms with van der Waals surface area (Å²) in [4.78, 5) is 30.0. The zero-order valence-electron chi connectivity index (χ0n) is 16.2. The van der Waals surface area contributed by atoms with Crippen LogP contribution in [0.1, 0.15) is 18.2 Å². The highest BCUT2D eigenvalue weighted by Gasteiger charge is 2.27. The molecule has 2 amide bonds. The molecule has 0 radical (unpaired) electrons.